The zero-order valence-electron chi connectivity index (χ0n) is 17.7. The van der Waals surface area contributed by atoms with Crippen molar-refractivity contribution < 1.29 is 19.4 Å². The van der Waals surface area contributed by atoms with Crippen molar-refractivity contribution in [3.05, 3.63) is 24.3 Å². The Hall–Kier alpha value is -2.32. The number of aliphatic hydroxyl groups is 1. The van der Waals surface area contributed by atoms with E-state index in [2.05, 4.69) is 21.2 Å². The molecule has 2 heterocycles. The number of hydrogen-bond donors (Lipinski definition) is 2. The number of aliphatic hydroxyl groups excluding tert-OH is 1. The first-order valence-electron chi connectivity index (χ1n) is 11.0. The molecule has 8 nitrogen and oxygen atoms in total. The Labute approximate surface area is 177 Å². The Balaban J connectivity index is 1.28. The minimum absolute atomic E-state index is 0.0554. The van der Waals surface area contributed by atoms with E-state index in [9.17, 15) is 14.7 Å². The minimum atomic E-state index is -0.751. The lowest BCUT2D eigenvalue weighted by Gasteiger charge is -2.37. The molecule has 2 saturated heterocycles. The first-order valence-corrected chi connectivity index (χ1v) is 11.0. The number of ether oxygens (including phenoxy) is 1. The molecule has 3 fully saturated rings. The number of β-amino-alcohol motifs (C(OH)–C–C–N with tert-alkyl or cyclic N) is 1. The third kappa shape index (κ3) is 4.11. The summed E-state index contributed by atoms with van der Waals surface area (Å²) in [7, 11) is 0. The summed E-state index contributed by atoms with van der Waals surface area (Å²) in [5.74, 6) is 0.731. The molecule has 2 N–H and O–H groups in total. The van der Waals surface area contributed by atoms with Crippen molar-refractivity contribution in [2.45, 2.75) is 44.2 Å². The van der Waals surface area contributed by atoms with Gasteiger partial charge < -0.3 is 20.1 Å². The molecule has 8 heteroatoms. The summed E-state index contributed by atoms with van der Waals surface area (Å²) in [6.07, 6.45) is 2.57. The van der Waals surface area contributed by atoms with Crippen LogP contribution in [-0.2, 0) is 4.79 Å². The largest absolute Gasteiger partial charge is 0.492 e. The minimum Gasteiger partial charge on any atom is -0.492 e. The molecule has 1 saturated carbocycles. The smallest absolute Gasteiger partial charge is 0.325 e. The van der Waals surface area contributed by atoms with Crippen molar-refractivity contribution in [3.8, 4) is 5.75 Å². The van der Waals surface area contributed by atoms with Gasteiger partial charge in [-0.1, -0.05) is 25.0 Å². The Kier molecular flexibility index (Phi) is 6.15. The van der Waals surface area contributed by atoms with Gasteiger partial charge in [0, 0.05) is 32.7 Å². The number of rotatable bonds is 7. The quantitative estimate of drug-likeness (QED) is 0.654. The van der Waals surface area contributed by atoms with Crippen molar-refractivity contribution in [3.63, 3.8) is 0 Å². The third-order valence-corrected chi connectivity index (χ3v) is 6.44. The van der Waals surface area contributed by atoms with Crippen molar-refractivity contribution in [2.24, 2.45) is 0 Å². The molecule has 0 bridgehead atoms. The molecule has 30 heavy (non-hydrogen) atoms. The number of nitrogens with zero attached hydrogens (tertiary/aromatic N) is 3. The molecular formula is C22H32N4O4. The van der Waals surface area contributed by atoms with Crippen molar-refractivity contribution in [1.82, 2.24) is 15.1 Å². The van der Waals surface area contributed by atoms with Gasteiger partial charge in [0.1, 0.15) is 11.3 Å². The van der Waals surface area contributed by atoms with Gasteiger partial charge in [0.15, 0.2) is 0 Å². The lowest BCUT2D eigenvalue weighted by molar-refractivity contribution is -0.132. The average Bonchev–Trinajstić information content (AvgIpc) is 3.30. The van der Waals surface area contributed by atoms with Crippen LogP contribution in [0.25, 0.3) is 0 Å². The molecule has 1 aliphatic carbocycles. The molecule has 0 aromatic heterocycles. The summed E-state index contributed by atoms with van der Waals surface area (Å²) < 4.78 is 5.75. The molecular weight excluding hydrogens is 384 g/mol. The van der Waals surface area contributed by atoms with E-state index in [-0.39, 0.29) is 18.5 Å². The van der Waals surface area contributed by atoms with Crippen LogP contribution in [0.5, 0.6) is 5.75 Å². The van der Waals surface area contributed by atoms with E-state index in [1.807, 2.05) is 25.1 Å². The number of carbonyl (C=O) groups is 2. The first-order chi connectivity index (χ1) is 14.5. The van der Waals surface area contributed by atoms with Crippen LogP contribution in [0.3, 0.4) is 0 Å². The third-order valence-electron chi connectivity index (χ3n) is 6.44. The van der Waals surface area contributed by atoms with E-state index in [1.54, 1.807) is 0 Å². The maximum absolute atomic E-state index is 12.8. The van der Waals surface area contributed by atoms with Crippen molar-refractivity contribution in [2.75, 3.05) is 50.8 Å². The maximum atomic E-state index is 12.8. The highest BCUT2D eigenvalue weighted by Gasteiger charge is 2.52. The number of imide groups is 1. The molecule has 3 amide bonds. The summed E-state index contributed by atoms with van der Waals surface area (Å²) >= 11 is 0. The number of nitrogens with one attached hydrogen (secondary N) is 1. The van der Waals surface area contributed by atoms with Crippen LogP contribution in [0.4, 0.5) is 10.5 Å². The number of hydrogen-bond acceptors (Lipinski definition) is 6. The van der Waals surface area contributed by atoms with Gasteiger partial charge in [-0.2, -0.15) is 0 Å². The van der Waals surface area contributed by atoms with E-state index in [0.29, 0.717) is 26.0 Å². The number of piperazine rings is 1. The summed E-state index contributed by atoms with van der Waals surface area (Å²) in [4.78, 5) is 30.8. The zero-order chi connectivity index (χ0) is 21.1. The Morgan fingerprint density at radius 3 is 2.50 bits per heavy atom. The second-order valence-corrected chi connectivity index (χ2v) is 8.48. The molecule has 1 spiro atoms. The molecule has 1 aromatic rings. The fraction of sp³-hybridized carbons (Fsp3) is 0.636. The normalized spacial score (nSPS) is 22.6. The fourth-order valence-corrected chi connectivity index (χ4v) is 4.89. The highest BCUT2D eigenvalue weighted by atomic mass is 16.5. The van der Waals surface area contributed by atoms with Crippen LogP contribution in [0.2, 0.25) is 0 Å². The average molecular weight is 417 g/mol. The van der Waals surface area contributed by atoms with Crippen LogP contribution >= 0.6 is 0 Å². The van der Waals surface area contributed by atoms with E-state index >= 15 is 0 Å². The van der Waals surface area contributed by atoms with Gasteiger partial charge in [-0.3, -0.25) is 14.6 Å². The van der Waals surface area contributed by atoms with Crippen molar-refractivity contribution >= 4 is 17.6 Å². The molecule has 0 unspecified atom stereocenters. The molecule has 4 rings (SSSR count). The van der Waals surface area contributed by atoms with Gasteiger partial charge in [-0.05, 0) is 31.9 Å². The molecule has 1 atom stereocenters. The summed E-state index contributed by atoms with van der Waals surface area (Å²) in [6.45, 7) is 6.41. The van der Waals surface area contributed by atoms with Crippen LogP contribution in [0, 0.1) is 0 Å². The monoisotopic (exact) mass is 416 g/mol. The van der Waals surface area contributed by atoms with E-state index < -0.39 is 11.6 Å². The molecule has 1 aromatic carbocycles. The van der Waals surface area contributed by atoms with Gasteiger partial charge in [-0.15, -0.1) is 0 Å². The fourth-order valence-electron chi connectivity index (χ4n) is 4.89. The second-order valence-electron chi connectivity index (χ2n) is 8.48. The van der Waals surface area contributed by atoms with Gasteiger partial charge >= 0.3 is 6.03 Å². The second kappa shape index (κ2) is 8.81. The van der Waals surface area contributed by atoms with Gasteiger partial charge in [0.05, 0.1) is 24.9 Å². The summed E-state index contributed by atoms with van der Waals surface area (Å²) in [5, 5.41) is 13.4. The number of benzene rings is 1. The molecule has 164 valence electrons. The van der Waals surface area contributed by atoms with Crippen LogP contribution in [-0.4, -0.2) is 84.4 Å². The number of anilines is 1. The molecule has 3 aliphatic rings. The van der Waals surface area contributed by atoms with Crippen LogP contribution in [0.1, 0.15) is 32.6 Å². The summed E-state index contributed by atoms with van der Waals surface area (Å²) in [5.41, 5.74) is 0.386. The summed E-state index contributed by atoms with van der Waals surface area (Å²) in [6, 6.07) is 7.70. The standard InChI is InChI=1S/C22H32N4O4/c1-2-30-19-8-4-3-7-18(19)25-13-11-24(12-14-25)15-17(27)16-26-20(28)22(23-21(26)29)9-5-6-10-22/h3-4,7-8,17,27H,2,5-6,9-16H2,1H3,(H,23,29)/t17-/m1/s1. The lowest BCUT2D eigenvalue weighted by atomic mass is 9.98. The van der Waals surface area contributed by atoms with Crippen LogP contribution in [0.15, 0.2) is 24.3 Å². The predicted molar refractivity (Wildman–Crippen MR) is 114 cm³/mol. The zero-order valence-corrected chi connectivity index (χ0v) is 17.7. The highest BCUT2D eigenvalue weighted by Crippen LogP contribution is 2.35. The van der Waals surface area contributed by atoms with Crippen molar-refractivity contribution in [1.29, 1.82) is 0 Å². The predicted octanol–water partition coefficient (Wildman–Crippen LogP) is 1.43. The molecule has 2 aliphatic heterocycles. The van der Waals surface area contributed by atoms with E-state index in [4.69, 9.17) is 4.74 Å². The number of urea groups is 1. The van der Waals surface area contributed by atoms with Gasteiger partial charge in [0.25, 0.3) is 5.91 Å². The SMILES string of the molecule is CCOc1ccccc1N1CCN(C[C@@H](O)CN2C(=O)NC3(CCCC3)C2=O)CC1. The topological polar surface area (TPSA) is 85.3 Å². The van der Waals surface area contributed by atoms with Crippen LogP contribution < -0.4 is 15.0 Å². The number of carbonyl (C=O) groups excluding carboxylic acids is 2. The Bertz CT molecular complexity index is 772. The Morgan fingerprint density at radius 2 is 1.80 bits per heavy atom. The first kappa shape index (κ1) is 20.9. The van der Waals surface area contributed by atoms with Gasteiger partial charge in [-0.25, -0.2) is 4.79 Å². The lowest BCUT2D eigenvalue weighted by Crippen LogP contribution is -2.51. The number of amides is 3. The highest BCUT2D eigenvalue weighted by molar-refractivity contribution is 6.07. The maximum Gasteiger partial charge on any atom is 0.325 e. The van der Waals surface area contributed by atoms with Gasteiger partial charge in [0.2, 0.25) is 0 Å². The van der Waals surface area contributed by atoms with E-state index in [0.717, 1.165) is 50.5 Å². The Morgan fingerprint density at radius 1 is 1.10 bits per heavy atom. The van der Waals surface area contributed by atoms with E-state index in [1.165, 1.54) is 4.90 Å². The molecule has 0 radical (unpaired) electrons. The number of para-hydroxylation sites is 2.